The number of anilines is 2. The average molecular weight is 267 g/mol. The molecule has 0 aliphatic rings. The van der Waals surface area contributed by atoms with Crippen LogP contribution in [0.3, 0.4) is 0 Å². The van der Waals surface area contributed by atoms with Gasteiger partial charge in [0.25, 0.3) is 5.91 Å². The predicted molar refractivity (Wildman–Crippen MR) is 76.5 cm³/mol. The van der Waals surface area contributed by atoms with E-state index in [-0.39, 0.29) is 5.91 Å². The number of hydrogen-bond acceptors (Lipinski definition) is 4. The molecule has 0 spiro atoms. The highest BCUT2D eigenvalue weighted by molar-refractivity contribution is 6.04. The molecule has 0 aromatic heterocycles. The van der Waals surface area contributed by atoms with Gasteiger partial charge in [-0.1, -0.05) is 6.07 Å². The highest BCUT2D eigenvalue weighted by Gasteiger charge is 2.08. The van der Waals surface area contributed by atoms with Gasteiger partial charge in [-0.05, 0) is 30.3 Å². The van der Waals surface area contributed by atoms with Crippen molar-refractivity contribution < 1.29 is 9.53 Å². The largest absolute Gasteiger partial charge is 0.495 e. The molecule has 5 nitrogen and oxygen atoms in total. The molecule has 5 heteroatoms. The van der Waals surface area contributed by atoms with Gasteiger partial charge in [-0.2, -0.15) is 5.26 Å². The highest BCUT2D eigenvalue weighted by Crippen LogP contribution is 2.25. The van der Waals surface area contributed by atoms with Crippen LogP contribution in [0.1, 0.15) is 15.9 Å². The third-order valence-corrected chi connectivity index (χ3v) is 2.75. The molecule has 0 atom stereocenters. The van der Waals surface area contributed by atoms with Crippen molar-refractivity contribution in [3.63, 3.8) is 0 Å². The van der Waals surface area contributed by atoms with Crippen molar-refractivity contribution in [3.05, 3.63) is 53.6 Å². The first kappa shape index (κ1) is 13.4. The second-order valence-electron chi connectivity index (χ2n) is 4.10. The first-order valence-corrected chi connectivity index (χ1v) is 5.89. The Balaban J connectivity index is 2.21. The zero-order valence-electron chi connectivity index (χ0n) is 10.9. The molecule has 0 unspecified atom stereocenters. The minimum absolute atomic E-state index is 0.297. The van der Waals surface area contributed by atoms with E-state index in [1.807, 2.05) is 6.07 Å². The van der Waals surface area contributed by atoms with E-state index in [1.54, 1.807) is 36.4 Å². The van der Waals surface area contributed by atoms with Crippen LogP contribution in [0.4, 0.5) is 11.4 Å². The Kier molecular flexibility index (Phi) is 3.87. The van der Waals surface area contributed by atoms with Gasteiger partial charge in [-0.15, -0.1) is 0 Å². The zero-order chi connectivity index (χ0) is 14.5. The maximum atomic E-state index is 12.1. The van der Waals surface area contributed by atoms with Crippen molar-refractivity contribution >= 4 is 17.3 Å². The van der Waals surface area contributed by atoms with Crippen LogP contribution in [0.2, 0.25) is 0 Å². The quantitative estimate of drug-likeness (QED) is 0.836. The second kappa shape index (κ2) is 5.76. The monoisotopic (exact) mass is 267 g/mol. The number of amides is 1. The van der Waals surface area contributed by atoms with Gasteiger partial charge < -0.3 is 15.8 Å². The SMILES string of the molecule is COc1cc(NC(=O)c2cccc(C#N)c2)ccc1N. The molecule has 0 heterocycles. The van der Waals surface area contributed by atoms with Gasteiger partial charge in [0.1, 0.15) is 5.75 Å². The van der Waals surface area contributed by atoms with Crippen LogP contribution in [0.15, 0.2) is 42.5 Å². The van der Waals surface area contributed by atoms with Crippen LogP contribution < -0.4 is 15.8 Å². The molecule has 1 amide bonds. The summed E-state index contributed by atoms with van der Waals surface area (Å²) in [5, 5.41) is 11.5. The number of hydrogen-bond donors (Lipinski definition) is 2. The average Bonchev–Trinajstić information content (AvgIpc) is 2.49. The van der Waals surface area contributed by atoms with E-state index in [0.717, 1.165) is 0 Å². The Morgan fingerprint density at radius 3 is 2.80 bits per heavy atom. The van der Waals surface area contributed by atoms with Crippen molar-refractivity contribution in [3.8, 4) is 11.8 Å². The van der Waals surface area contributed by atoms with Crippen molar-refractivity contribution in [2.45, 2.75) is 0 Å². The molecule has 0 saturated carbocycles. The third kappa shape index (κ3) is 2.87. The number of carbonyl (C=O) groups is 1. The summed E-state index contributed by atoms with van der Waals surface area (Å²) in [7, 11) is 1.51. The van der Waals surface area contributed by atoms with Crippen LogP contribution in [0.25, 0.3) is 0 Å². The number of nitrogens with zero attached hydrogens (tertiary/aromatic N) is 1. The van der Waals surface area contributed by atoms with Crippen molar-refractivity contribution in [2.24, 2.45) is 0 Å². The Morgan fingerprint density at radius 1 is 1.30 bits per heavy atom. The Bertz CT molecular complexity index is 690. The number of carbonyl (C=O) groups excluding carboxylic acids is 1. The summed E-state index contributed by atoms with van der Waals surface area (Å²) in [5.74, 6) is 0.197. The van der Waals surface area contributed by atoms with Gasteiger partial charge in [0, 0.05) is 17.3 Å². The second-order valence-corrected chi connectivity index (χ2v) is 4.10. The van der Waals surface area contributed by atoms with Gasteiger partial charge in [0.05, 0.1) is 24.4 Å². The molecule has 0 aliphatic carbocycles. The van der Waals surface area contributed by atoms with E-state index in [1.165, 1.54) is 13.2 Å². The lowest BCUT2D eigenvalue weighted by molar-refractivity contribution is 0.102. The summed E-state index contributed by atoms with van der Waals surface area (Å²) < 4.78 is 5.09. The summed E-state index contributed by atoms with van der Waals surface area (Å²) in [6.45, 7) is 0. The van der Waals surface area contributed by atoms with E-state index in [9.17, 15) is 4.79 Å². The van der Waals surface area contributed by atoms with Crippen LogP contribution in [0, 0.1) is 11.3 Å². The lowest BCUT2D eigenvalue weighted by atomic mass is 10.1. The minimum Gasteiger partial charge on any atom is -0.495 e. The number of nitrogens with one attached hydrogen (secondary N) is 1. The molecule has 100 valence electrons. The first-order valence-electron chi connectivity index (χ1n) is 5.89. The molecular formula is C15H13N3O2. The fraction of sp³-hybridized carbons (Fsp3) is 0.0667. The van der Waals surface area contributed by atoms with Crippen LogP contribution in [-0.2, 0) is 0 Å². The van der Waals surface area contributed by atoms with E-state index in [2.05, 4.69) is 5.32 Å². The molecule has 0 aliphatic heterocycles. The number of nitrogen functional groups attached to an aromatic ring is 1. The number of rotatable bonds is 3. The molecule has 2 aromatic rings. The van der Waals surface area contributed by atoms with Crippen molar-refractivity contribution in [2.75, 3.05) is 18.2 Å². The molecule has 2 rings (SSSR count). The van der Waals surface area contributed by atoms with Gasteiger partial charge in [-0.25, -0.2) is 0 Å². The van der Waals surface area contributed by atoms with Crippen LogP contribution in [-0.4, -0.2) is 13.0 Å². The van der Waals surface area contributed by atoms with Crippen molar-refractivity contribution in [1.29, 1.82) is 5.26 Å². The highest BCUT2D eigenvalue weighted by atomic mass is 16.5. The lowest BCUT2D eigenvalue weighted by Crippen LogP contribution is -2.12. The normalized spacial score (nSPS) is 9.60. The van der Waals surface area contributed by atoms with Gasteiger partial charge >= 0.3 is 0 Å². The van der Waals surface area contributed by atoms with E-state index < -0.39 is 0 Å². The molecule has 2 aromatic carbocycles. The van der Waals surface area contributed by atoms with E-state index in [4.69, 9.17) is 15.7 Å². The fourth-order valence-electron chi connectivity index (χ4n) is 1.72. The number of methoxy groups -OCH3 is 1. The summed E-state index contributed by atoms with van der Waals surface area (Å²) in [6, 6.07) is 13.5. The molecule has 0 bridgehead atoms. The van der Waals surface area contributed by atoms with Crippen LogP contribution in [0.5, 0.6) is 5.75 Å². The molecule has 20 heavy (non-hydrogen) atoms. The Labute approximate surface area is 116 Å². The van der Waals surface area contributed by atoms with Gasteiger partial charge in [0.15, 0.2) is 0 Å². The minimum atomic E-state index is -0.297. The summed E-state index contributed by atoms with van der Waals surface area (Å²) in [4.78, 5) is 12.1. The summed E-state index contributed by atoms with van der Waals surface area (Å²) >= 11 is 0. The number of ether oxygens (including phenoxy) is 1. The van der Waals surface area contributed by atoms with E-state index >= 15 is 0 Å². The molecule has 0 radical (unpaired) electrons. The van der Waals surface area contributed by atoms with Gasteiger partial charge in [0.2, 0.25) is 0 Å². The molecule has 0 saturated heterocycles. The zero-order valence-corrected chi connectivity index (χ0v) is 10.9. The Morgan fingerprint density at radius 2 is 2.10 bits per heavy atom. The first-order chi connectivity index (χ1) is 9.63. The number of nitriles is 1. The fourth-order valence-corrected chi connectivity index (χ4v) is 1.72. The Hall–Kier alpha value is -3.00. The van der Waals surface area contributed by atoms with Crippen LogP contribution >= 0.6 is 0 Å². The summed E-state index contributed by atoms with van der Waals surface area (Å²) in [6.07, 6.45) is 0. The summed E-state index contributed by atoms with van der Waals surface area (Å²) in [5.41, 5.74) is 7.63. The van der Waals surface area contributed by atoms with E-state index in [0.29, 0.717) is 28.3 Å². The number of benzene rings is 2. The predicted octanol–water partition coefficient (Wildman–Crippen LogP) is 2.40. The number of nitrogens with two attached hydrogens (primary N) is 1. The van der Waals surface area contributed by atoms with Gasteiger partial charge in [-0.3, -0.25) is 4.79 Å². The molecule has 0 fully saturated rings. The maximum absolute atomic E-state index is 12.1. The maximum Gasteiger partial charge on any atom is 0.255 e. The molecule has 3 N–H and O–H groups in total. The van der Waals surface area contributed by atoms with Crippen molar-refractivity contribution in [1.82, 2.24) is 0 Å². The smallest absolute Gasteiger partial charge is 0.255 e. The molecular weight excluding hydrogens is 254 g/mol. The third-order valence-electron chi connectivity index (χ3n) is 2.75. The topological polar surface area (TPSA) is 88.1 Å². The standard InChI is InChI=1S/C15H13N3O2/c1-20-14-8-12(5-6-13(14)17)18-15(19)11-4-2-3-10(7-11)9-16/h2-8H,17H2,1H3,(H,18,19). The lowest BCUT2D eigenvalue weighted by Gasteiger charge is -2.09.